The van der Waals surface area contributed by atoms with Gasteiger partial charge in [-0.05, 0) is 36.6 Å². The minimum Gasteiger partial charge on any atom is -0.392 e. The quantitative estimate of drug-likeness (QED) is 0.658. The number of carbonyl (C=O) groups excluding carboxylic acids is 1. The van der Waals surface area contributed by atoms with Gasteiger partial charge in [0.05, 0.1) is 6.10 Å². The minimum absolute atomic E-state index is 0.0341. The summed E-state index contributed by atoms with van der Waals surface area (Å²) in [5.41, 5.74) is -2.81. The van der Waals surface area contributed by atoms with Crippen LogP contribution in [0.4, 0.5) is 17.6 Å². The van der Waals surface area contributed by atoms with E-state index in [0.717, 1.165) is 24.5 Å². The molecule has 0 saturated heterocycles. The van der Waals surface area contributed by atoms with Crippen molar-refractivity contribution in [1.29, 1.82) is 0 Å². The monoisotopic (exact) mass is 326 g/mol. The maximum Gasteiger partial charge on any atom is 0.400 e. The topological polar surface area (TPSA) is 37.3 Å². The lowest BCUT2D eigenvalue weighted by molar-refractivity contribution is -0.248. The van der Waals surface area contributed by atoms with E-state index < -0.39 is 23.5 Å². The van der Waals surface area contributed by atoms with Crippen LogP contribution in [0.2, 0.25) is 5.02 Å². The Hall–Kier alpha value is -1.14. The average Bonchev–Trinajstić information content (AvgIpc) is 2.40. The van der Waals surface area contributed by atoms with Crippen molar-refractivity contribution >= 4 is 17.9 Å². The fraction of sp³-hybridized carbons (Fsp3) is 0.500. The molecule has 1 saturated carbocycles. The van der Waals surface area contributed by atoms with Crippen LogP contribution in [0.25, 0.3) is 0 Å². The van der Waals surface area contributed by atoms with Gasteiger partial charge < -0.3 is 9.90 Å². The SMILES string of the molecule is CCC=O.OC1CCC1(c1cc(F)ccc1Cl)C(F)(F)F. The van der Waals surface area contributed by atoms with Crippen molar-refractivity contribution in [3.8, 4) is 0 Å². The molecule has 0 spiro atoms. The first-order chi connectivity index (χ1) is 9.70. The molecule has 21 heavy (non-hydrogen) atoms. The Bertz CT molecular complexity index is 504. The highest BCUT2D eigenvalue weighted by atomic mass is 35.5. The van der Waals surface area contributed by atoms with Gasteiger partial charge in [-0.25, -0.2) is 4.39 Å². The second-order valence-electron chi connectivity index (χ2n) is 4.72. The van der Waals surface area contributed by atoms with Crippen LogP contribution in [0.5, 0.6) is 0 Å². The summed E-state index contributed by atoms with van der Waals surface area (Å²) in [5, 5.41) is 9.28. The molecule has 0 bridgehead atoms. The Balaban J connectivity index is 0.000000491. The first-order valence-electron chi connectivity index (χ1n) is 6.34. The number of carbonyl (C=O) groups is 1. The molecule has 1 N–H and O–H groups in total. The van der Waals surface area contributed by atoms with E-state index in [2.05, 4.69) is 0 Å². The van der Waals surface area contributed by atoms with Crippen LogP contribution in [-0.4, -0.2) is 23.7 Å². The van der Waals surface area contributed by atoms with Crippen LogP contribution in [0, 0.1) is 5.82 Å². The predicted molar refractivity (Wildman–Crippen MR) is 70.7 cm³/mol. The molecule has 118 valence electrons. The van der Waals surface area contributed by atoms with Gasteiger partial charge in [-0.2, -0.15) is 13.2 Å². The van der Waals surface area contributed by atoms with Crippen LogP contribution >= 0.6 is 11.6 Å². The van der Waals surface area contributed by atoms with Gasteiger partial charge in [0.1, 0.15) is 17.5 Å². The molecule has 1 aromatic carbocycles. The number of aliphatic hydroxyl groups is 1. The lowest BCUT2D eigenvalue weighted by Gasteiger charge is -2.48. The third kappa shape index (κ3) is 3.37. The highest BCUT2D eigenvalue weighted by Gasteiger charge is 2.65. The van der Waals surface area contributed by atoms with Crippen LogP contribution < -0.4 is 0 Å². The Labute approximate surface area is 124 Å². The molecule has 1 aliphatic rings. The van der Waals surface area contributed by atoms with Gasteiger partial charge in [0, 0.05) is 11.4 Å². The summed E-state index contributed by atoms with van der Waals surface area (Å²) in [6, 6.07) is 2.81. The maximum atomic E-state index is 13.1. The molecule has 0 aliphatic heterocycles. The van der Waals surface area contributed by atoms with Crippen LogP contribution in [0.1, 0.15) is 31.7 Å². The third-order valence-electron chi connectivity index (χ3n) is 3.46. The molecule has 2 atom stereocenters. The molecular formula is C14H15ClF4O2. The molecule has 0 heterocycles. The summed E-state index contributed by atoms with van der Waals surface area (Å²) in [4.78, 5) is 9.17. The normalized spacial score (nSPS) is 24.6. The first-order valence-corrected chi connectivity index (χ1v) is 6.72. The Morgan fingerprint density at radius 1 is 1.48 bits per heavy atom. The van der Waals surface area contributed by atoms with E-state index in [4.69, 9.17) is 11.6 Å². The number of halogens is 5. The Morgan fingerprint density at radius 2 is 2.05 bits per heavy atom. The molecule has 0 aromatic heterocycles. The molecule has 2 rings (SSSR count). The van der Waals surface area contributed by atoms with Crippen molar-refractivity contribution in [3.63, 3.8) is 0 Å². The van der Waals surface area contributed by atoms with Crippen LogP contribution in [0.3, 0.4) is 0 Å². The van der Waals surface area contributed by atoms with Crippen LogP contribution in [-0.2, 0) is 10.2 Å². The van der Waals surface area contributed by atoms with Crippen molar-refractivity contribution < 1.29 is 27.5 Å². The zero-order chi connectivity index (χ0) is 16.3. The van der Waals surface area contributed by atoms with Gasteiger partial charge >= 0.3 is 6.18 Å². The second-order valence-corrected chi connectivity index (χ2v) is 5.13. The third-order valence-corrected chi connectivity index (χ3v) is 3.79. The van der Waals surface area contributed by atoms with Crippen molar-refractivity contribution in [2.75, 3.05) is 0 Å². The number of aliphatic hydroxyl groups excluding tert-OH is 1. The average molecular weight is 327 g/mol. The van der Waals surface area contributed by atoms with Crippen molar-refractivity contribution in [2.45, 2.75) is 43.9 Å². The molecule has 7 heteroatoms. The van der Waals surface area contributed by atoms with E-state index in [-0.39, 0.29) is 23.4 Å². The van der Waals surface area contributed by atoms with E-state index in [0.29, 0.717) is 6.42 Å². The van der Waals surface area contributed by atoms with Gasteiger partial charge in [-0.15, -0.1) is 0 Å². The lowest BCUT2D eigenvalue weighted by atomic mass is 9.61. The van der Waals surface area contributed by atoms with E-state index in [1.807, 2.05) is 6.92 Å². The van der Waals surface area contributed by atoms with Gasteiger partial charge in [0.15, 0.2) is 0 Å². The first kappa shape index (κ1) is 17.9. The summed E-state index contributed by atoms with van der Waals surface area (Å²) in [7, 11) is 0. The van der Waals surface area contributed by atoms with Crippen molar-refractivity contribution in [1.82, 2.24) is 0 Å². The fourth-order valence-corrected chi connectivity index (χ4v) is 2.49. The van der Waals surface area contributed by atoms with Crippen molar-refractivity contribution in [3.05, 3.63) is 34.6 Å². The molecule has 0 amide bonds. The highest BCUT2D eigenvalue weighted by Crippen LogP contribution is 2.56. The number of aldehydes is 1. The maximum absolute atomic E-state index is 13.1. The largest absolute Gasteiger partial charge is 0.400 e. The van der Waals surface area contributed by atoms with E-state index in [9.17, 15) is 27.5 Å². The Kier molecular flexibility index (Phi) is 5.75. The fourth-order valence-electron chi connectivity index (χ4n) is 2.20. The second kappa shape index (κ2) is 6.75. The van der Waals surface area contributed by atoms with E-state index in [1.165, 1.54) is 0 Å². The van der Waals surface area contributed by atoms with Crippen LogP contribution in [0.15, 0.2) is 18.2 Å². The summed E-state index contributed by atoms with van der Waals surface area (Å²) in [6.45, 7) is 1.81. The molecule has 0 radical (unpaired) electrons. The van der Waals surface area contributed by atoms with Crippen molar-refractivity contribution in [2.24, 2.45) is 0 Å². The van der Waals surface area contributed by atoms with Gasteiger partial charge in [-0.1, -0.05) is 18.5 Å². The standard InChI is InChI=1S/C11H9ClF4O.C3H6O/c12-8-2-1-6(13)5-7(8)10(11(14,15)16)4-3-9(10)17;1-2-3-4/h1-2,5,9,17H,3-4H2;3H,2H2,1H3. The van der Waals surface area contributed by atoms with Gasteiger partial charge in [0.2, 0.25) is 0 Å². The predicted octanol–water partition coefficient (Wildman–Crippen LogP) is 4.03. The molecule has 1 aromatic rings. The zero-order valence-electron chi connectivity index (χ0n) is 11.3. The molecule has 2 nitrogen and oxygen atoms in total. The van der Waals surface area contributed by atoms with E-state index >= 15 is 0 Å². The number of alkyl halides is 3. The molecule has 1 fully saturated rings. The minimum atomic E-state index is -4.65. The Morgan fingerprint density at radius 3 is 2.38 bits per heavy atom. The summed E-state index contributed by atoms with van der Waals surface area (Å²) >= 11 is 5.69. The number of hydrogen-bond acceptors (Lipinski definition) is 2. The van der Waals surface area contributed by atoms with Gasteiger partial charge in [-0.3, -0.25) is 0 Å². The number of hydrogen-bond donors (Lipinski definition) is 1. The summed E-state index contributed by atoms with van der Waals surface area (Å²) in [5.74, 6) is -0.799. The summed E-state index contributed by atoms with van der Waals surface area (Å²) in [6.07, 6.45) is -4.95. The summed E-state index contributed by atoms with van der Waals surface area (Å²) < 4.78 is 52.2. The number of benzene rings is 1. The van der Waals surface area contributed by atoms with E-state index in [1.54, 1.807) is 0 Å². The molecule has 1 aliphatic carbocycles. The number of rotatable bonds is 2. The van der Waals surface area contributed by atoms with Gasteiger partial charge in [0.25, 0.3) is 0 Å². The smallest absolute Gasteiger partial charge is 0.392 e. The molecule has 2 unspecified atom stereocenters. The molecular weight excluding hydrogens is 312 g/mol. The lowest BCUT2D eigenvalue weighted by Crippen LogP contribution is -2.58. The zero-order valence-corrected chi connectivity index (χ0v) is 12.0. The highest BCUT2D eigenvalue weighted by molar-refractivity contribution is 6.31.